The van der Waals surface area contributed by atoms with Gasteiger partial charge in [0.15, 0.2) is 0 Å². The van der Waals surface area contributed by atoms with Crippen molar-refractivity contribution in [3.05, 3.63) is 11.6 Å². The largest absolute Gasteiger partial charge is 0.396 e. The second kappa shape index (κ2) is 8.19. The molecule has 0 radical (unpaired) electrons. The average molecular weight is 323 g/mol. The fraction of sp³-hybridized carbons (Fsp3) is 0.875. The Labute approximate surface area is 137 Å². The number of likely N-dealkylation sites (tertiary alicyclic amines) is 1. The molecule has 7 heteroatoms. The lowest BCUT2D eigenvalue weighted by Crippen LogP contribution is -2.29. The second-order valence-corrected chi connectivity index (χ2v) is 6.66. The van der Waals surface area contributed by atoms with Crippen molar-refractivity contribution in [3.63, 3.8) is 0 Å². The Morgan fingerprint density at radius 3 is 2.48 bits per heavy atom. The Morgan fingerprint density at radius 2 is 1.70 bits per heavy atom. The number of hydrogen-bond donors (Lipinski definition) is 2. The molecule has 1 unspecified atom stereocenters. The van der Waals surface area contributed by atoms with Crippen molar-refractivity contribution >= 4 is 0 Å². The number of aliphatic hydroxyl groups is 2. The van der Waals surface area contributed by atoms with Gasteiger partial charge in [-0.05, 0) is 25.8 Å². The normalized spacial score (nSPS) is 23.1. The van der Waals surface area contributed by atoms with Gasteiger partial charge in [-0.25, -0.2) is 0 Å². The van der Waals surface area contributed by atoms with Crippen LogP contribution in [0.15, 0.2) is 0 Å². The van der Waals surface area contributed by atoms with Crippen LogP contribution in [0.5, 0.6) is 0 Å². The Balaban J connectivity index is 1.60. The molecule has 0 spiro atoms. The number of nitrogens with zero attached hydrogens (tertiary/aromatic N) is 5. The lowest BCUT2D eigenvalue weighted by Gasteiger charge is -2.19. The number of fused-ring (bicyclic) bond motifs is 1. The van der Waals surface area contributed by atoms with E-state index in [0.717, 1.165) is 83.1 Å². The van der Waals surface area contributed by atoms with E-state index in [1.54, 1.807) is 0 Å². The topological polar surface area (TPSA) is 77.7 Å². The minimum atomic E-state index is 0.264. The van der Waals surface area contributed by atoms with Crippen LogP contribution in [0.2, 0.25) is 0 Å². The van der Waals surface area contributed by atoms with Gasteiger partial charge >= 0.3 is 0 Å². The fourth-order valence-corrected chi connectivity index (χ4v) is 3.75. The molecule has 1 aromatic heterocycles. The molecule has 0 saturated carbocycles. The maximum Gasteiger partial charge on any atom is 0.137 e. The monoisotopic (exact) mass is 323 g/mol. The molecule has 1 aromatic rings. The maximum absolute atomic E-state index is 9.00. The highest BCUT2D eigenvalue weighted by Crippen LogP contribution is 2.27. The first-order valence-electron chi connectivity index (χ1n) is 8.90. The van der Waals surface area contributed by atoms with Crippen molar-refractivity contribution in [2.75, 3.05) is 52.5 Å². The summed E-state index contributed by atoms with van der Waals surface area (Å²) in [4.78, 5) is 4.84. The molecule has 1 saturated heterocycles. The van der Waals surface area contributed by atoms with Crippen molar-refractivity contribution in [1.29, 1.82) is 0 Å². The standard InChI is InChI=1S/C16H29N5O2/c22-11-1-5-19-8-4-15-17-18-16(21(15)10-9-19)14-3-7-20(13-14)6-2-12-23/h14,22-23H,1-13H2. The fourth-order valence-electron chi connectivity index (χ4n) is 3.75. The van der Waals surface area contributed by atoms with Gasteiger partial charge in [-0.3, -0.25) is 0 Å². The maximum atomic E-state index is 9.00. The summed E-state index contributed by atoms with van der Waals surface area (Å²) in [5.41, 5.74) is 0. The van der Waals surface area contributed by atoms with Crippen LogP contribution in [0, 0.1) is 0 Å². The molecule has 1 atom stereocenters. The van der Waals surface area contributed by atoms with E-state index in [9.17, 15) is 0 Å². The summed E-state index contributed by atoms with van der Waals surface area (Å²) in [6.07, 6.45) is 3.78. The molecule has 1 fully saturated rings. The Bertz CT molecular complexity index is 493. The van der Waals surface area contributed by atoms with Crippen LogP contribution >= 0.6 is 0 Å². The summed E-state index contributed by atoms with van der Waals surface area (Å²) in [6.45, 7) is 7.57. The molecule has 0 bridgehead atoms. The van der Waals surface area contributed by atoms with Crippen molar-refractivity contribution < 1.29 is 10.2 Å². The van der Waals surface area contributed by atoms with Gasteiger partial charge < -0.3 is 24.6 Å². The first-order chi connectivity index (χ1) is 11.3. The minimum Gasteiger partial charge on any atom is -0.396 e. The van der Waals surface area contributed by atoms with Gasteiger partial charge in [-0.2, -0.15) is 0 Å². The Morgan fingerprint density at radius 1 is 0.913 bits per heavy atom. The SMILES string of the molecule is OCCCN1CCc2nnc(C3CCN(CCCO)C3)n2CC1. The second-order valence-electron chi connectivity index (χ2n) is 6.66. The van der Waals surface area contributed by atoms with Crippen LogP contribution in [0.1, 0.15) is 36.8 Å². The predicted molar refractivity (Wildman–Crippen MR) is 87.4 cm³/mol. The quantitative estimate of drug-likeness (QED) is 0.717. The zero-order valence-electron chi connectivity index (χ0n) is 13.9. The van der Waals surface area contributed by atoms with E-state index in [1.807, 2.05) is 0 Å². The number of aliphatic hydroxyl groups excluding tert-OH is 2. The van der Waals surface area contributed by atoms with Gasteiger partial charge in [0.2, 0.25) is 0 Å². The summed E-state index contributed by atoms with van der Waals surface area (Å²) < 4.78 is 2.33. The number of aromatic nitrogens is 3. The van der Waals surface area contributed by atoms with Gasteiger partial charge in [-0.1, -0.05) is 0 Å². The Hall–Kier alpha value is -1.02. The van der Waals surface area contributed by atoms with Gasteiger partial charge in [0.1, 0.15) is 11.6 Å². The van der Waals surface area contributed by atoms with Crippen LogP contribution in [-0.4, -0.2) is 87.3 Å². The summed E-state index contributed by atoms with van der Waals surface area (Å²) >= 11 is 0. The molecule has 3 heterocycles. The third-order valence-corrected chi connectivity index (χ3v) is 5.05. The zero-order valence-corrected chi connectivity index (χ0v) is 13.9. The molecule has 0 aromatic carbocycles. The lowest BCUT2D eigenvalue weighted by atomic mass is 10.1. The van der Waals surface area contributed by atoms with E-state index >= 15 is 0 Å². The highest BCUT2D eigenvalue weighted by atomic mass is 16.3. The third kappa shape index (κ3) is 4.09. The molecule has 2 aliphatic rings. The van der Waals surface area contributed by atoms with E-state index in [4.69, 9.17) is 10.2 Å². The van der Waals surface area contributed by atoms with Crippen molar-refractivity contribution in [3.8, 4) is 0 Å². The molecule has 2 N–H and O–H groups in total. The van der Waals surface area contributed by atoms with Gasteiger partial charge in [-0.15, -0.1) is 10.2 Å². The van der Waals surface area contributed by atoms with Crippen LogP contribution in [0.25, 0.3) is 0 Å². The molecule has 3 rings (SSSR count). The molecular weight excluding hydrogens is 294 g/mol. The zero-order chi connectivity index (χ0) is 16.1. The summed E-state index contributed by atoms with van der Waals surface area (Å²) in [7, 11) is 0. The molecule has 7 nitrogen and oxygen atoms in total. The van der Waals surface area contributed by atoms with Crippen LogP contribution in [-0.2, 0) is 13.0 Å². The summed E-state index contributed by atoms with van der Waals surface area (Å²) in [5.74, 6) is 2.73. The van der Waals surface area contributed by atoms with E-state index in [0.29, 0.717) is 5.92 Å². The van der Waals surface area contributed by atoms with E-state index in [1.165, 1.54) is 0 Å². The molecule has 23 heavy (non-hydrogen) atoms. The van der Waals surface area contributed by atoms with Crippen LogP contribution < -0.4 is 0 Å². The Kier molecular flexibility index (Phi) is 5.99. The summed E-state index contributed by atoms with van der Waals surface area (Å²) in [6, 6.07) is 0. The smallest absolute Gasteiger partial charge is 0.137 e. The van der Waals surface area contributed by atoms with Crippen molar-refractivity contribution in [2.24, 2.45) is 0 Å². The van der Waals surface area contributed by atoms with Crippen LogP contribution in [0.3, 0.4) is 0 Å². The van der Waals surface area contributed by atoms with Crippen molar-refractivity contribution in [1.82, 2.24) is 24.6 Å². The lowest BCUT2D eigenvalue weighted by molar-refractivity contribution is 0.225. The molecule has 0 aliphatic carbocycles. The predicted octanol–water partition coefficient (Wildman–Crippen LogP) is -0.310. The summed E-state index contributed by atoms with van der Waals surface area (Å²) in [5, 5.41) is 26.9. The first-order valence-corrected chi connectivity index (χ1v) is 8.90. The van der Waals surface area contributed by atoms with Gasteiger partial charge in [0, 0.05) is 64.8 Å². The van der Waals surface area contributed by atoms with Crippen LogP contribution in [0.4, 0.5) is 0 Å². The first kappa shape index (κ1) is 16.8. The van der Waals surface area contributed by atoms with Gasteiger partial charge in [0.25, 0.3) is 0 Å². The highest BCUT2D eigenvalue weighted by molar-refractivity contribution is 5.07. The molecule has 2 aliphatic heterocycles. The van der Waals surface area contributed by atoms with E-state index in [-0.39, 0.29) is 13.2 Å². The minimum absolute atomic E-state index is 0.264. The molecular formula is C16H29N5O2. The van der Waals surface area contributed by atoms with E-state index < -0.39 is 0 Å². The van der Waals surface area contributed by atoms with Gasteiger partial charge in [0.05, 0.1) is 0 Å². The van der Waals surface area contributed by atoms with Crippen molar-refractivity contribution in [2.45, 2.75) is 38.1 Å². The number of rotatable bonds is 7. The molecule has 0 amide bonds. The molecule has 130 valence electrons. The average Bonchev–Trinajstić information content (AvgIpc) is 3.14. The number of hydrogen-bond acceptors (Lipinski definition) is 6. The van der Waals surface area contributed by atoms with E-state index in [2.05, 4.69) is 24.6 Å². The third-order valence-electron chi connectivity index (χ3n) is 5.05. The highest BCUT2D eigenvalue weighted by Gasteiger charge is 2.29.